The predicted molar refractivity (Wildman–Crippen MR) is 75.3 cm³/mol. The van der Waals surface area contributed by atoms with Crippen molar-refractivity contribution in [2.45, 2.75) is 32.2 Å². The highest BCUT2D eigenvalue weighted by atomic mass is 16.4. The Labute approximate surface area is 118 Å². The topological polar surface area (TPSA) is 78.4 Å². The van der Waals surface area contributed by atoms with Crippen LogP contribution in [0.3, 0.4) is 0 Å². The van der Waals surface area contributed by atoms with Gasteiger partial charge in [-0.05, 0) is 23.8 Å². The van der Waals surface area contributed by atoms with Crippen LogP contribution in [0.25, 0.3) is 0 Å². The number of carbonyl (C=O) groups excluding carboxylic acids is 1. The molecule has 20 heavy (non-hydrogen) atoms. The van der Waals surface area contributed by atoms with Crippen molar-refractivity contribution >= 4 is 12.0 Å². The van der Waals surface area contributed by atoms with Gasteiger partial charge in [-0.15, -0.1) is 0 Å². The fourth-order valence-electron chi connectivity index (χ4n) is 2.37. The molecule has 5 heteroatoms. The summed E-state index contributed by atoms with van der Waals surface area (Å²) in [6, 6.07) is 7.22. The van der Waals surface area contributed by atoms with Crippen molar-refractivity contribution < 1.29 is 14.7 Å². The zero-order valence-electron chi connectivity index (χ0n) is 11.6. The summed E-state index contributed by atoms with van der Waals surface area (Å²) in [5, 5.41) is 14.5. The van der Waals surface area contributed by atoms with Gasteiger partial charge in [0, 0.05) is 6.54 Å². The second-order valence-electron chi connectivity index (χ2n) is 5.67. The van der Waals surface area contributed by atoms with Crippen molar-refractivity contribution in [1.29, 1.82) is 0 Å². The van der Waals surface area contributed by atoms with Crippen LogP contribution < -0.4 is 10.6 Å². The second kappa shape index (κ2) is 5.94. The van der Waals surface area contributed by atoms with Crippen molar-refractivity contribution in [2.75, 3.05) is 6.54 Å². The van der Waals surface area contributed by atoms with Crippen LogP contribution in [0.5, 0.6) is 0 Å². The minimum atomic E-state index is -1.07. The van der Waals surface area contributed by atoms with Gasteiger partial charge in [0.2, 0.25) is 0 Å². The van der Waals surface area contributed by atoms with Crippen LogP contribution in [-0.2, 0) is 4.79 Å². The van der Waals surface area contributed by atoms with Crippen molar-refractivity contribution in [3.05, 3.63) is 35.9 Å². The molecule has 1 aromatic rings. The Morgan fingerprint density at radius 2 is 1.95 bits per heavy atom. The third kappa shape index (κ3) is 3.50. The van der Waals surface area contributed by atoms with Gasteiger partial charge in [-0.3, -0.25) is 0 Å². The summed E-state index contributed by atoms with van der Waals surface area (Å²) in [5.41, 5.74) is 0.730. The van der Waals surface area contributed by atoms with E-state index >= 15 is 0 Å². The van der Waals surface area contributed by atoms with Gasteiger partial charge in [-0.25, -0.2) is 9.59 Å². The van der Waals surface area contributed by atoms with Gasteiger partial charge < -0.3 is 15.7 Å². The molecular weight excluding hydrogens is 256 g/mol. The molecule has 5 nitrogen and oxygen atoms in total. The maximum atomic E-state index is 11.8. The van der Waals surface area contributed by atoms with Gasteiger partial charge in [0.25, 0.3) is 0 Å². The van der Waals surface area contributed by atoms with Gasteiger partial charge in [-0.1, -0.05) is 43.7 Å². The maximum Gasteiger partial charge on any atom is 0.330 e. The lowest BCUT2D eigenvalue weighted by Crippen LogP contribution is -2.46. The van der Waals surface area contributed by atoms with Crippen LogP contribution in [0.2, 0.25) is 0 Å². The predicted octanol–water partition coefficient (Wildman–Crippen LogP) is 2.30. The molecule has 0 aromatic heterocycles. The molecule has 3 N–H and O–H groups in total. The Morgan fingerprint density at radius 1 is 1.30 bits per heavy atom. The first-order chi connectivity index (χ1) is 9.50. The third-order valence-corrected chi connectivity index (χ3v) is 3.89. The third-order valence-electron chi connectivity index (χ3n) is 3.89. The fraction of sp³-hybridized carbons (Fsp3) is 0.467. The summed E-state index contributed by atoms with van der Waals surface area (Å²) in [5.74, 6) is -1.07. The van der Waals surface area contributed by atoms with Gasteiger partial charge in [-0.2, -0.15) is 0 Å². The normalized spacial score (nSPS) is 17.6. The van der Waals surface area contributed by atoms with E-state index < -0.39 is 18.0 Å². The Bertz CT molecular complexity index is 483. The van der Waals surface area contributed by atoms with Crippen molar-refractivity contribution in [1.82, 2.24) is 10.6 Å². The summed E-state index contributed by atoms with van der Waals surface area (Å²) < 4.78 is 0. The molecule has 108 valence electrons. The Kier molecular flexibility index (Phi) is 4.27. The number of hydrogen-bond acceptors (Lipinski definition) is 2. The first kappa shape index (κ1) is 14.4. The molecule has 0 spiro atoms. The van der Waals surface area contributed by atoms with Crippen LogP contribution in [0.4, 0.5) is 4.79 Å². The summed E-state index contributed by atoms with van der Waals surface area (Å²) in [7, 11) is 0. The molecule has 2 rings (SSSR count). The summed E-state index contributed by atoms with van der Waals surface area (Å²) in [6.07, 6.45) is 3.41. The average Bonchev–Trinajstić information content (AvgIpc) is 2.41. The molecule has 0 unspecified atom stereocenters. The van der Waals surface area contributed by atoms with Crippen LogP contribution in [-0.4, -0.2) is 23.7 Å². The van der Waals surface area contributed by atoms with E-state index in [1.165, 1.54) is 6.42 Å². The Morgan fingerprint density at radius 3 is 2.45 bits per heavy atom. The highest BCUT2D eigenvalue weighted by molar-refractivity contribution is 5.83. The lowest BCUT2D eigenvalue weighted by molar-refractivity contribution is -0.139. The van der Waals surface area contributed by atoms with Gasteiger partial charge in [0.15, 0.2) is 6.04 Å². The van der Waals surface area contributed by atoms with E-state index in [-0.39, 0.29) is 5.41 Å². The second-order valence-corrected chi connectivity index (χ2v) is 5.67. The van der Waals surface area contributed by atoms with E-state index in [1.807, 2.05) is 0 Å². The Hall–Kier alpha value is -2.04. The van der Waals surface area contributed by atoms with Crippen LogP contribution in [0, 0.1) is 5.41 Å². The monoisotopic (exact) mass is 276 g/mol. The number of carboxylic acids is 1. The molecule has 0 heterocycles. The van der Waals surface area contributed by atoms with E-state index in [4.69, 9.17) is 0 Å². The van der Waals surface area contributed by atoms with Crippen LogP contribution in [0.1, 0.15) is 37.8 Å². The van der Waals surface area contributed by atoms with Gasteiger partial charge in [0.05, 0.1) is 0 Å². The zero-order chi connectivity index (χ0) is 14.6. The lowest BCUT2D eigenvalue weighted by atomic mass is 9.70. The van der Waals surface area contributed by atoms with E-state index in [0.717, 1.165) is 12.8 Å². The number of aliphatic carboxylic acids is 1. The molecule has 1 aromatic carbocycles. The molecule has 1 saturated carbocycles. The first-order valence-corrected chi connectivity index (χ1v) is 6.82. The quantitative estimate of drug-likeness (QED) is 0.772. The summed E-state index contributed by atoms with van der Waals surface area (Å²) >= 11 is 0. The molecule has 0 saturated heterocycles. The number of urea groups is 1. The minimum absolute atomic E-state index is 0.169. The maximum absolute atomic E-state index is 11.8. The smallest absolute Gasteiger partial charge is 0.330 e. The lowest BCUT2D eigenvalue weighted by Gasteiger charge is -2.38. The molecule has 0 aliphatic heterocycles. The molecular formula is C15H20N2O3. The molecule has 2 amide bonds. The van der Waals surface area contributed by atoms with Gasteiger partial charge >= 0.3 is 12.0 Å². The number of amides is 2. The highest BCUT2D eigenvalue weighted by Gasteiger charge is 2.32. The van der Waals surface area contributed by atoms with E-state index in [9.17, 15) is 14.7 Å². The van der Waals surface area contributed by atoms with Crippen LogP contribution in [0.15, 0.2) is 30.3 Å². The SMILES string of the molecule is CC1(CNC(=O)N[C@H](C(=O)O)c2ccccc2)CCC1. The minimum Gasteiger partial charge on any atom is -0.479 e. The standard InChI is InChI=1S/C15H20N2O3/c1-15(8-5-9-15)10-16-14(20)17-12(13(18)19)11-6-3-2-4-7-11/h2-4,6-7,12H,5,8-10H2,1H3,(H,18,19)(H2,16,17,20)/t12-/m0/s1. The average molecular weight is 276 g/mol. The molecule has 0 bridgehead atoms. The fourth-order valence-corrected chi connectivity index (χ4v) is 2.37. The van der Waals surface area contributed by atoms with Crippen molar-refractivity contribution in [2.24, 2.45) is 5.41 Å². The molecule has 1 aliphatic carbocycles. The number of benzene rings is 1. The molecule has 1 atom stereocenters. The van der Waals surface area contributed by atoms with Crippen molar-refractivity contribution in [3.8, 4) is 0 Å². The van der Waals surface area contributed by atoms with E-state index in [2.05, 4.69) is 17.6 Å². The summed E-state index contributed by atoms with van der Waals surface area (Å²) in [4.78, 5) is 23.1. The molecule has 0 radical (unpaired) electrons. The number of carboxylic acid groups (broad SMARTS) is 1. The number of nitrogens with one attached hydrogen (secondary N) is 2. The van der Waals surface area contributed by atoms with Gasteiger partial charge in [0.1, 0.15) is 0 Å². The van der Waals surface area contributed by atoms with E-state index in [1.54, 1.807) is 30.3 Å². The number of hydrogen-bond donors (Lipinski definition) is 3. The summed E-state index contributed by atoms with van der Waals surface area (Å²) in [6.45, 7) is 2.71. The van der Waals surface area contributed by atoms with Crippen molar-refractivity contribution in [3.63, 3.8) is 0 Å². The largest absolute Gasteiger partial charge is 0.479 e. The first-order valence-electron chi connectivity index (χ1n) is 6.82. The molecule has 1 aliphatic rings. The highest BCUT2D eigenvalue weighted by Crippen LogP contribution is 2.39. The van der Waals surface area contributed by atoms with E-state index in [0.29, 0.717) is 12.1 Å². The van der Waals surface area contributed by atoms with Crippen LogP contribution >= 0.6 is 0 Å². The number of rotatable bonds is 5. The number of carbonyl (C=O) groups is 2. The zero-order valence-corrected chi connectivity index (χ0v) is 11.6. The molecule has 1 fully saturated rings. The Balaban J connectivity index is 1.91.